The molecule has 0 aliphatic rings. The average molecular weight is 487 g/mol. The molecule has 1 aromatic carbocycles. The topological polar surface area (TPSA) is 102 Å². The maximum atomic E-state index is 13.0. The van der Waals surface area contributed by atoms with E-state index in [-0.39, 0.29) is 11.9 Å². The van der Waals surface area contributed by atoms with Gasteiger partial charge >= 0.3 is 0 Å². The summed E-state index contributed by atoms with van der Waals surface area (Å²) in [5, 5.41) is 6.06. The molecular weight excluding hydrogens is 440 g/mol. The Balaban J connectivity index is 1.89. The van der Waals surface area contributed by atoms with E-state index in [1.165, 1.54) is 0 Å². The monoisotopic (exact) mass is 486 g/mol. The summed E-state index contributed by atoms with van der Waals surface area (Å²) in [6.07, 6.45) is 5.44. The van der Waals surface area contributed by atoms with Crippen LogP contribution in [-0.2, 0) is 22.6 Å². The van der Waals surface area contributed by atoms with Gasteiger partial charge in [-0.05, 0) is 43.2 Å². The third-order valence-corrected chi connectivity index (χ3v) is 6.22. The smallest absolute Gasteiger partial charge is 0.222 e. The number of hydrogen-bond donors (Lipinski definition) is 3. The van der Waals surface area contributed by atoms with E-state index < -0.39 is 0 Å². The van der Waals surface area contributed by atoms with Crippen molar-refractivity contribution in [3.05, 3.63) is 48.3 Å². The first kappa shape index (κ1) is 28.8. The van der Waals surface area contributed by atoms with Gasteiger partial charge in [0.05, 0.1) is 19.2 Å². The quantitative estimate of drug-likeness (QED) is 0.170. The highest BCUT2D eigenvalue weighted by molar-refractivity contribution is 5.82. The zero-order valence-electron chi connectivity index (χ0n) is 22.0. The van der Waals surface area contributed by atoms with Crippen molar-refractivity contribution in [2.45, 2.75) is 64.6 Å². The van der Waals surface area contributed by atoms with Crippen molar-refractivity contribution in [3.63, 3.8) is 0 Å². The first-order valence-electron chi connectivity index (χ1n) is 12.9. The van der Waals surface area contributed by atoms with Gasteiger partial charge in [-0.2, -0.15) is 0 Å². The summed E-state index contributed by atoms with van der Waals surface area (Å²) in [6.45, 7) is 10.5. The lowest BCUT2D eigenvalue weighted by Gasteiger charge is -2.29. The van der Waals surface area contributed by atoms with Gasteiger partial charge in [-0.15, -0.1) is 0 Å². The number of aryl methyl sites for hydroxylation is 1. The Morgan fingerprint density at radius 2 is 1.97 bits per heavy atom. The number of nitrogens with zero attached hydrogens (tertiary/aromatic N) is 3. The zero-order chi connectivity index (χ0) is 25.6. The third kappa shape index (κ3) is 9.64. The Morgan fingerprint density at radius 1 is 1.20 bits per heavy atom. The molecule has 0 aliphatic carbocycles. The number of benzene rings is 1. The minimum absolute atomic E-state index is 0.0416. The number of amides is 1. The number of nitrogens with two attached hydrogens (primary N) is 2. The molecule has 8 heteroatoms. The van der Waals surface area contributed by atoms with E-state index in [0.29, 0.717) is 32.7 Å². The molecule has 0 aliphatic heterocycles. The molecule has 1 amide bonds. The van der Waals surface area contributed by atoms with E-state index in [2.05, 4.69) is 53.5 Å². The predicted octanol–water partition coefficient (Wildman–Crippen LogP) is 3.21. The highest BCUT2D eigenvalue weighted by atomic mass is 16.5. The van der Waals surface area contributed by atoms with Crippen molar-refractivity contribution >= 4 is 16.8 Å². The number of nitrogens with one attached hydrogen (secondary N) is 1. The minimum atomic E-state index is -0.0542. The molecule has 1 unspecified atom stereocenters. The van der Waals surface area contributed by atoms with Crippen LogP contribution in [0, 0.1) is 0 Å². The van der Waals surface area contributed by atoms with Crippen molar-refractivity contribution in [2.24, 2.45) is 11.6 Å². The van der Waals surface area contributed by atoms with Crippen molar-refractivity contribution in [3.8, 4) is 0 Å². The number of aromatic nitrogens is 1. The summed E-state index contributed by atoms with van der Waals surface area (Å²) >= 11 is 0. The molecule has 0 radical (unpaired) electrons. The molecule has 0 spiro atoms. The molecule has 2 aromatic rings. The molecule has 1 atom stereocenters. The van der Waals surface area contributed by atoms with E-state index in [1.54, 1.807) is 5.01 Å². The second-order valence-corrected chi connectivity index (χ2v) is 9.29. The number of para-hydroxylation sites is 1. The van der Waals surface area contributed by atoms with Crippen LogP contribution < -0.4 is 16.9 Å². The Hall–Kier alpha value is -2.39. The Labute approximate surface area is 211 Å². The van der Waals surface area contributed by atoms with Crippen LogP contribution in [0.2, 0.25) is 0 Å². The maximum Gasteiger partial charge on any atom is 0.222 e. The minimum Gasteiger partial charge on any atom is -0.380 e. The van der Waals surface area contributed by atoms with E-state index in [0.717, 1.165) is 67.5 Å². The molecule has 2 rings (SSSR count). The van der Waals surface area contributed by atoms with E-state index in [9.17, 15) is 4.79 Å². The Morgan fingerprint density at radius 3 is 2.69 bits per heavy atom. The second-order valence-electron chi connectivity index (χ2n) is 9.29. The fraction of sp³-hybridized carbons (Fsp3) is 0.593. The summed E-state index contributed by atoms with van der Waals surface area (Å²) in [4.78, 5) is 15.1. The molecule has 0 bridgehead atoms. The zero-order valence-corrected chi connectivity index (χ0v) is 22.0. The maximum absolute atomic E-state index is 13.0. The highest BCUT2D eigenvalue weighted by Gasteiger charge is 2.18. The molecule has 8 nitrogen and oxygen atoms in total. The largest absolute Gasteiger partial charge is 0.380 e. The number of ether oxygens (including phenoxy) is 1. The summed E-state index contributed by atoms with van der Waals surface area (Å²) in [5.74, 6) is 5.96. The Bertz CT molecular complexity index is 910. The lowest BCUT2D eigenvalue weighted by molar-refractivity contribution is -0.121. The summed E-state index contributed by atoms with van der Waals surface area (Å²) in [6, 6.07) is 10.3. The molecule has 0 fully saturated rings. The fourth-order valence-corrected chi connectivity index (χ4v) is 4.33. The SMILES string of the molecule is C=C(C(CCC)NC(=O)CCn1c(CN(C)N)cc2ccccc21)N(C)CCCCCOCCN. The molecule has 196 valence electrons. The van der Waals surface area contributed by atoms with Crippen LogP contribution in [0.15, 0.2) is 42.6 Å². The van der Waals surface area contributed by atoms with Crippen molar-refractivity contribution in [1.29, 1.82) is 0 Å². The van der Waals surface area contributed by atoms with Gasteiger partial charge in [-0.25, -0.2) is 5.01 Å². The van der Waals surface area contributed by atoms with Gasteiger partial charge in [-0.3, -0.25) is 10.6 Å². The third-order valence-electron chi connectivity index (χ3n) is 6.22. The van der Waals surface area contributed by atoms with Gasteiger partial charge in [0, 0.05) is 63.7 Å². The van der Waals surface area contributed by atoms with Crippen molar-refractivity contribution < 1.29 is 9.53 Å². The number of carbonyl (C=O) groups excluding carboxylic acids is 1. The van der Waals surface area contributed by atoms with Crippen LogP contribution >= 0.6 is 0 Å². The number of rotatable bonds is 18. The van der Waals surface area contributed by atoms with Crippen LogP contribution in [0.4, 0.5) is 0 Å². The van der Waals surface area contributed by atoms with Crippen molar-refractivity contribution in [2.75, 3.05) is 40.4 Å². The van der Waals surface area contributed by atoms with Crippen LogP contribution in [0.5, 0.6) is 0 Å². The van der Waals surface area contributed by atoms with Gasteiger partial charge in [0.15, 0.2) is 0 Å². The van der Waals surface area contributed by atoms with Crippen molar-refractivity contribution in [1.82, 2.24) is 19.8 Å². The summed E-state index contributed by atoms with van der Waals surface area (Å²) in [7, 11) is 3.91. The molecule has 5 N–H and O–H groups in total. The standard InChI is InChI=1S/C27H46N6O2/c1-5-11-25(22(2)31(3)16-9-6-10-18-35-19-15-28)30-27(34)14-17-33-24(21-32(4)29)20-23-12-7-8-13-26(23)33/h7-8,12-13,20,25H,2,5-6,9-11,14-19,21,28-29H2,1,3-4H3,(H,30,34). The predicted molar refractivity (Wildman–Crippen MR) is 145 cm³/mol. The number of carbonyl (C=O) groups is 1. The number of fused-ring (bicyclic) bond motifs is 1. The summed E-state index contributed by atoms with van der Waals surface area (Å²) in [5.41, 5.74) is 8.64. The highest BCUT2D eigenvalue weighted by Crippen LogP contribution is 2.21. The lowest BCUT2D eigenvalue weighted by Crippen LogP contribution is -2.41. The van der Waals surface area contributed by atoms with Crippen LogP contribution in [0.1, 0.15) is 51.1 Å². The van der Waals surface area contributed by atoms with Gasteiger partial charge in [-0.1, -0.05) is 38.1 Å². The van der Waals surface area contributed by atoms with E-state index in [4.69, 9.17) is 16.3 Å². The molecule has 1 aromatic heterocycles. The summed E-state index contributed by atoms with van der Waals surface area (Å²) < 4.78 is 7.64. The number of unbranched alkanes of at least 4 members (excludes halogenated alkanes) is 2. The second kappa shape index (κ2) is 15.6. The van der Waals surface area contributed by atoms with E-state index in [1.807, 2.05) is 19.2 Å². The lowest BCUT2D eigenvalue weighted by atomic mass is 10.1. The molecule has 0 saturated heterocycles. The first-order valence-corrected chi connectivity index (χ1v) is 12.9. The van der Waals surface area contributed by atoms with Gasteiger partial charge in [0.1, 0.15) is 0 Å². The fourth-order valence-electron chi connectivity index (χ4n) is 4.33. The van der Waals surface area contributed by atoms with Gasteiger partial charge in [0.25, 0.3) is 0 Å². The molecule has 35 heavy (non-hydrogen) atoms. The van der Waals surface area contributed by atoms with Crippen LogP contribution in [-0.4, -0.2) is 66.8 Å². The van der Waals surface area contributed by atoms with Gasteiger partial charge < -0.3 is 25.3 Å². The molecular formula is C27H46N6O2. The molecule has 0 saturated carbocycles. The number of hydrazine groups is 1. The van der Waals surface area contributed by atoms with Crippen LogP contribution in [0.25, 0.3) is 10.9 Å². The van der Waals surface area contributed by atoms with E-state index >= 15 is 0 Å². The average Bonchev–Trinajstić information content (AvgIpc) is 3.17. The van der Waals surface area contributed by atoms with Gasteiger partial charge in [0.2, 0.25) is 5.91 Å². The number of likely N-dealkylation sites (N-methyl/N-ethyl adjacent to an activating group) is 1. The van der Waals surface area contributed by atoms with Crippen LogP contribution in [0.3, 0.4) is 0 Å². The molecule has 1 heterocycles. The normalized spacial score (nSPS) is 12.3. The first-order chi connectivity index (χ1) is 16.9. The Kier molecular flexibility index (Phi) is 12.8. The number of hydrogen-bond acceptors (Lipinski definition) is 6.